The highest BCUT2D eigenvalue weighted by molar-refractivity contribution is 7.99. The molecule has 0 bridgehead atoms. The summed E-state index contributed by atoms with van der Waals surface area (Å²) in [4.78, 5) is 18.7. The molecule has 0 aliphatic heterocycles. The van der Waals surface area contributed by atoms with Gasteiger partial charge in [-0.2, -0.15) is 0 Å². The highest BCUT2D eigenvalue weighted by Gasteiger charge is 2.10. The van der Waals surface area contributed by atoms with Crippen molar-refractivity contribution in [3.05, 3.63) is 48.2 Å². The molecule has 3 rings (SSSR count). The van der Waals surface area contributed by atoms with Gasteiger partial charge in [-0.3, -0.25) is 4.79 Å². The predicted molar refractivity (Wildman–Crippen MR) is 79.6 cm³/mol. The summed E-state index contributed by atoms with van der Waals surface area (Å²) in [7, 11) is 0. The Balaban J connectivity index is 1.94. The van der Waals surface area contributed by atoms with Crippen LogP contribution in [0.15, 0.2) is 52.6 Å². The van der Waals surface area contributed by atoms with Crippen LogP contribution in [0, 0.1) is 0 Å². The van der Waals surface area contributed by atoms with Gasteiger partial charge in [-0.05, 0) is 18.2 Å². The number of anilines is 1. The first-order valence-corrected chi connectivity index (χ1v) is 6.76. The van der Waals surface area contributed by atoms with Crippen LogP contribution in [0.4, 0.5) is 5.69 Å². The topological polar surface area (TPSA) is 97.8 Å². The number of primary amides is 1. The third-order valence-electron chi connectivity index (χ3n) is 2.89. The lowest BCUT2D eigenvalue weighted by atomic mass is 10.2. The van der Waals surface area contributed by atoms with Crippen molar-refractivity contribution in [3.63, 3.8) is 0 Å². The number of pyridine rings is 1. The van der Waals surface area contributed by atoms with Crippen molar-refractivity contribution < 1.29 is 4.79 Å². The van der Waals surface area contributed by atoms with Crippen LogP contribution in [0.2, 0.25) is 0 Å². The summed E-state index contributed by atoms with van der Waals surface area (Å²) < 4.78 is 0. The predicted octanol–water partition coefficient (Wildman–Crippen LogP) is 2.40. The van der Waals surface area contributed by atoms with Crippen LogP contribution in [-0.2, 0) is 0 Å². The molecule has 1 amide bonds. The third kappa shape index (κ3) is 2.33. The molecular formula is C14H12N4OS. The molecular weight excluding hydrogens is 272 g/mol. The Labute approximate surface area is 119 Å². The number of hydrogen-bond donors (Lipinski definition) is 3. The minimum absolute atomic E-state index is 0.290. The second kappa shape index (κ2) is 4.90. The maximum atomic E-state index is 11.3. The number of benzene rings is 1. The Kier molecular flexibility index (Phi) is 3.08. The number of rotatable bonds is 3. The maximum absolute atomic E-state index is 11.3. The van der Waals surface area contributed by atoms with Crippen molar-refractivity contribution in [2.75, 3.05) is 5.73 Å². The molecule has 0 radical (unpaired) electrons. The summed E-state index contributed by atoms with van der Waals surface area (Å²) in [6, 6.07) is 11.6. The Morgan fingerprint density at radius 3 is 2.80 bits per heavy atom. The smallest absolute Gasteiger partial charge is 0.250 e. The molecule has 5 N–H and O–H groups in total. The van der Waals surface area contributed by atoms with Crippen LogP contribution in [0.3, 0.4) is 0 Å². The van der Waals surface area contributed by atoms with Gasteiger partial charge in [-0.25, -0.2) is 4.98 Å². The summed E-state index contributed by atoms with van der Waals surface area (Å²) in [5.41, 5.74) is 12.6. The van der Waals surface area contributed by atoms with E-state index >= 15 is 0 Å². The van der Waals surface area contributed by atoms with Gasteiger partial charge in [0, 0.05) is 10.9 Å². The number of nitrogens with zero attached hydrogens (tertiary/aromatic N) is 1. The summed E-state index contributed by atoms with van der Waals surface area (Å²) in [5, 5.41) is 2.74. The number of hydrogen-bond acceptors (Lipinski definition) is 4. The van der Waals surface area contributed by atoms with E-state index in [9.17, 15) is 4.79 Å². The van der Waals surface area contributed by atoms with Crippen molar-refractivity contribution in [2.45, 2.75) is 10.1 Å². The molecule has 0 saturated carbocycles. The van der Waals surface area contributed by atoms with Crippen molar-refractivity contribution in [1.29, 1.82) is 0 Å². The van der Waals surface area contributed by atoms with E-state index in [0.717, 1.165) is 15.9 Å². The first-order chi connectivity index (χ1) is 9.63. The molecule has 100 valence electrons. The minimum Gasteiger partial charge on any atom is -0.397 e. The molecule has 0 aliphatic carbocycles. The fourth-order valence-corrected chi connectivity index (χ4v) is 2.78. The Morgan fingerprint density at radius 2 is 2.05 bits per heavy atom. The standard InChI is InChI=1S/C14H12N4OS/c15-10-7-17-12(6-9(10)14(16)19)20-13-5-8-3-1-2-4-11(8)18-13/h1-7,18H,15H2,(H2,16,19). The molecule has 3 aromatic rings. The quantitative estimate of drug-likeness (QED) is 0.687. The molecule has 0 saturated heterocycles. The van der Waals surface area contributed by atoms with Gasteiger partial charge in [0.05, 0.1) is 22.5 Å². The SMILES string of the molecule is NC(=O)c1cc(Sc2cc3ccccc3[nH]2)ncc1N. The zero-order chi connectivity index (χ0) is 14.1. The number of carbonyl (C=O) groups is 1. The Morgan fingerprint density at radius 1 is 1.25 bits per heavy atom. The van der Waals surface area contributed by atoms with Gasteiger partial charge in [0.2, 0.25) is 0 Å². The second-order valence-corrected chi connectivity index (χ2v) is 5.36. The van der Waals surface area contributed by atoms with E-state index in [1.165, 1.54) is 18.0 Å². The van der Waals surface area contributed by atoms with E-state index < -0.39 is 5.91 Å². The van der Waals surface area contributed by atoms with Crippen LogP contribution in [-0.4, -0.2) is 15.9 Å². The summed E-state index contributed by atoms with van der Waals surface area (Å²) in [6.45, 7) is 0. The highest BCUT2D eigenvalue weighted by Crippen LogP contribution is 2.29. The molecule has 0 atom stereocenters. The summed E-state index contributed by atoms with van der Waals surface area (Å²) in [5.74, 6) is -0.552. The fraction of sp³-hybridized carbons (Fsp3) is 0. The van der Waals surface area contributed by atoms with Crippen molar-refractivity contribution in [1.82, 2.24) is 9.97 Å². The Bertz CT molecular complexity index is 764. The number of aromatic nitrogens is 2. The molecule has 0 spiro atoms. The van der Waals surface area contributed by atoms with Gasteiger partial charge in [0.25, 0.3) is 5.91 Å². The van der Waals surface area contributed by atoms with Crippen LogP contribution in [0.25, 0.3) is 10.9 Å². The van der Waals surface area contributed by atoms with Crippen molar-refractivity contribution >= 4 is 34.3 Å². The molecule has 0 aliphatic rings. The number of amides is 1. The van der Waals surface area contributed by atoms with Gasteiger partial charge in [0.15, 0.2) is 0 Å². The average molecular weight is 284 g/mol. The monoisotopic (exact) mass is 284 g/mol. The summed E-state index contributed by atoms with van der Waals surface area (Å²) in [6.07, 6.45) is 1.45. The number of aromatic amines is 1. The first kappa shape index (κ1) is 12.6. The molecule has 1 aromatic carbocycles. The van der Waals surface area contributed by atoms with Gasteiger partial charge in [-0.1, -0.05) is 30.0 Å². The normalized spacial score (nSPS) is 10.8. The number of para-hydroxylation sites is 1. The van der Waals surface area contributed by atoms with Gasteiger partial charge in [0.1, 0.15) is 5.03 Å². The second-order valence-electron chi connectivity index (χ2n) is 4.30. The maximum Gasteiger partial charge on any atom is 0.250 e. The number of fused-ring (bicyclic) bond motifs is 1. The van der Waals surface area contributed by atoms with E-state index in [4.69, 9.17) is 11.5 Å². The molecule has 2 heterocycles. The van der Waals surface area contributed by atoms with E-state index in [-0.39, 0.29) is 0 Å². The van der Waals surface area contributed by atoms with Gasteiger partial charge in [-0.15, -0.1) is 0 Å². The molecule has 0 fully saturated rings. The van der Waals surface area contributed by atoms with Crippen LogP contribution >= 0.6 is 11.8 Å². The van der Waals surface area contributed by atoms with Gasteiger partial charge >= 0.3 is 0 Å². The zero-order valence-corrected chi connectivity index (χ0v) is 11.3. The number of nitrogens with one attached hydrogen (secondary N) is 1. The minimum atomic E-state index is -0.552. The molecule has 2 aromatic heterocycles. The van der Waals surface area contributed by atoms with Crippen LogP contribution < -0.4 is 11.5 Å². The molecule has 0 unspecified atom stereocenters. The number of H-pyrrole nitrogens is 1. The lowest BCUT2D eigenvalue weighted by Gasteiger charge is -2.03. The van der Waals surface area contributed by atoms with E-state index in [1.807, 2.05) is 30.3 Å². The highest BCUT2D eigenvalue weighted by atomic mass is 32.2. The van der Waals surface area contributed by atoms with E-state index in [2.05, 4.69) is 9.97 Å². The largest absolute Gasteiger partial charge is 0.397 e. The Hall–Kier alpha value is -2.47. The van der Waals surface area contributed by atoms with Crippen LogP contribution in [0.1, 0.15) is 10.4 Å². The number of carbonyl (C=O) groups excluding carboxylic acids is 1. The number of nitrogens with two attached hydrogens (primary N) is 2. The third-order valence-corrected chi connectivity index (χ3v) is 3.77. The lowest BCUT2D eigenvalue weighted by Crippen LogP contribution is -2.13. The van der Waals surface area contributed by atoms with E-state index in [1.54, 1.807) is 6.07 Å². The zero-order valence-electron chi connectivity index (χ0n) is 10.5. The lowest BCUT2D eigenvalue weighted by molar-refractivity contribution is 0.100. The number of nitrogen functional groups attached to an aromatic ring is 1. The van der Waals surface area contributed by atoms with Gasteiger partial charge < -0.3 is 16.5 Å². The molecule has 20 heavy (non-hydrogen) atoms. The first-order valence-electron chi connectivity index (χ1n) is 5.94. The molecule has 6 heteroatoms. The summed E-state index contributed by atoms with van der Waals surface area (Å²) >= 11 is 1.42. The van der Waals surface area contributed by atoms with Crippen molar-refractivity contribution in [2.24, 2.45) is 5.73 Å². The average Bonchev–Trinajstić information content (AvgIpc) is 2.82. The van der Waals surface area contributed by atoms with E-state index in [0.29, 0.717) is 16.3 Å². The fourth-order valence-electron chi connectivity index (χ4n) is 1.93. The molecule has 5 nitrogen and oxygen atoms in total. The van der Waals surface area contributed by atoms with Crippen LogP contribution in [0.5, 0.6) is 0 Å². The van der Waals surface area contributed by atoms with Crippen molar-refractivity contribution in [3.8, 4) is 0 Å².